The molecule has 32 heavy (non-hydrogen) atoms. The molecule has 2 aliphatic rings. The minimum Gasteiger partial charge on any atom is -0.493 e. The summed E-state index contributed by atoms with van der Waals surface area (Å²) in [5, 5.41) is 0. The average molecular weight is 436 g/mol. The van der Waals surface area contributed by atoms with Crippen LogP contribution in [0.15, 0.2) is 48.2 Å². The number of aryl methyl sites for hydroxylation is 1. The molecule has 2 amide bonds. The van der Waals surface area contributed by atoms with Gasteiger partial charge >= 0.3 is 0 Å². The van der Waals surface area contributed by atoms with Crippen molar-refractivity contribution in [3.63, 3.8) is 0 Å². The molecule has 1 fully saturated rings. The minimum atomic E-state index is -0.281. The molecule has 4 rings (SSSR count). The maximum absolute atomic E-state index is 13.6. The largest absolute Gasteiger partial charge is 0.493 e. The molecule has 168 valence electrons. The maximum atomic E-state index is 13.6. The van der Waals surface area contributed by atoms with Gasteiger partial charge in [0, 0.05) is 26.2 Å². The number of rotatable bonds is 6. The summed E-state index contributed by atoms with van der Waals surface area (Å²) in [4.78, 5) is 32.8. The van der Waals surface area contributed by atoms with E-state index in [-0.39, 0.29) is 18.4 Å². The highest BCUT2D eigenvalue weighted by Crippen LogP contribution is 2.37. The van der Waals surface area contributed by atoms with Crippen LogP contribution in [0.1, 0.15) is 16.7 Å². The second kappa shape index (κ2) is 9.04. The smallest absolute Gasteiger partial charge is 0.278 e. The van der Waals surface area contributed by atoms with Gasteiger partial charge in [-0.2, -0.15) is 0 Å². The molecule has 0 aliphatic carbocycles. The number of carbonyl (C=O) groups is 2. The first-order valence-electron chi connectivity index (χ1n) is 10.7. The zero-order chi connectivity index (χ0) is 22.8. The summed E-state index contributed by atoms with van der Waals surface area (Å²) in [6.07, 6.45) is 0. The molecule has 7 nitrogen and oxygen atoms in total. The van der Waals surface area contributed by atoms with E-state index < -0.39 is 0 Å². The highest BCUT2D eigenvalue weighted by molar-refractivity contribution is 6.35. The monoisotopic (exact) mass is 435 g/mol. The van der Waals surface area contributed by atoms with Crippen molar-refractivity contribution in [1.82, 2.24) is 14.7 Å². The first kappa shape index (κ1) is 21.9. The van der Waals surface area contributed by atoms with Gasteiger partial charge in [-0.25, -0.2) is 0 Å². The number of likely N-dealkylation sites (N-methyl/N-ethyl adjacent to an activating group) is 1. The third kappa shape index (κ3) is 4.08. The molecule has 0 bridgehead atoms. The van der Waals surface area contributed by atoms with Crippen LogP contribution in [0.3, 0.4) is 0 Å². The van der Waals surface area contributed by atoms with Gasteiger partial charge in [0.1, 0.15) is 5.70 Å². The fraction of sp³-hybridized carbons (Fsp3) is 0.360. The number of methoxy groups -OCH3 is 2. The Morgan fingerprint density at radius 3 is 2.12 bits per heavy atom. The molecule has 0 N–H and O–H groups in total. The van der Waals surface area contributed by atoms with Crippen LogP contribution in [0.25, 0.3) is 5.57 Å². The van der Waals surface area contributed by atoms with Gasteiger partial charge in [-0.1, -0.05) is 35.9 Å². The van der Waals surface area contributed by atoms with Crippen LogP contribution < -0.4 is 9.47 Å². The molecule has 0 aromatic heterocycles. The van der Waals surface area contributed by atoms with Gasteiger partial charge in [-0.15, -0.1) is 0 Å². The number of nitrogens with zero attached hydrogens (tertiary/aromatic N) is 3. The summed E-state index contributed by atoms with van der Waals surface area (Å²) in [6.45, 7) is 5.31. The molecule has 2 heterocycles. The van der Waals surface area contributed by atoms with Gasteiger partial charge < -0.3 is 19.3 Å². The quantitative estimate of drug-likeness (QED) is 0.650. The zero-order valence-electron chi connectivity index (χ0n) is 19.1. The van der Waals surface area contributed by atoms with Gasteiger partial charge in [0.25, 0.3) is 11.8 Å². The highest BCUT2D eigenvalue weighted by atomic mass is 16.5. The molecule has 7 heteroatoms. The Bertz CT molecular complexity index is 1050. The molecular weight excluding hydrogens is 406 g/mol. The topological polar surface area (TPSA) is 62.3 Å². The molecule has 2 aromatic rings. The average Bonchev–Trinajstić information content (AvgIpc) is 3.05. The van der Waals surface area contributed by atoms with Crippen molar-refractivity contribution in [2.45, 2.75) is 13.5 Å². The predicted octanol–water partition coefficient (Wildman–Crippen LogP) is 2.54. The molecule has 0 radical (unpaired) electrons. The van der Waals surface area contributed by atoms with Crippen molar-refractivity contribution in [3.8, 4) is 11.5 Å². The van der Waals surface area contributed by atoms with E-state index in [1.165, 1.54) is 4.90 Å². The summed E-state index contributed by atoms with van der Waals surface area (Å²) in [6, 6.07) is 13.2. The third-order valence-corrected chi connectivity index (χ3v) is 6.10. The van der Waals surface area contributed by atoms with Crippen molar-refractivity contribution in [3.05, 3.63) is 64.9 Å². The highest BCUT2D eigenvalue weighted by Gasteiger charge is 2.42. The van der Waals surface area contributed by atoms with Crippen LogP contribution in [0.4, 0.5) is 0 Å². The maximum Gasteiger partial charge on any atom is 0.278 e. The fourth-order valence-corrected chi connectivity index (χ4v) is 4.16. The van der Waals surface area contributed by atoms with Crippen LogP contribution in [-0.2, 0) is 16.1 Å². The molecule has 2 aliphatic heterocycles. The van der Waals surface area contributed by atoms with Crippen molar-refractivity contribution in [1.29, 1.82) is 0 Å². The summed E-state index contributed by atoms with van der Waals surface area (Å²) >= 11 is 0. The van der Waals surface area contributed by atoms with E-state index in [1.807, 2.05) is 42.2 Å². The number of ether oxygens (including phenoxy) is 2. The van der Waals surface area contributed by atoms with Crippen molar-refractivity contribution in [2.75, 3.05) is 47.4 Å². The molecule has 0 saturated carbocycles. The third-order valence-electron chi connectivity index (χ3n) is 6.10. The van der Waals surface area contributed by atoms with Gasteiger partial charge in [0.05, 0.1) is 26.3 Å². The minimum absolute atomic E-state index is 0.242. The second-order valence-electron chi connectivity index (χ2n) is 8.27. The summed E-state index contributed by atoms with van der Waals surface area (Å²) in [5.74, 6) is 0.570. The van der Waals surface area contributed by atoms with Crippen LogP contribution in [-0.4, -0.2) is 74.0 Å². The number of imide groups is 1. The van der Waals surface area contributed by atoms with E-state index in [1.54, 1.807) is 26.4 Å². The number of hydrogen-bond donors (Lipinski definition) is 0. The Hall–Kier alpha value is -3.32. The lowest BCUT2D eigenvalue weighted by molar-refractivity contribution is -0.138. The molecule has 0 unspecified atom stereocenters. The standard InChI is InChI=1S/C25H29N3O4/c1-17-5-7-18(8-6-17)16-28-24(29)22(19-9-10-20(31-3)21(15-19)32-4)23(25(28)30)27-13-11-26(2)12-14-27/h5-10,15H,11-14,16H2,1-4H3. The lowest BCUT2D eigenvalue weighted by Crippen LogP contribution is -2.46. The van der Waals surface area contributed by atoms with E-state index in [2.05, 4.69) is 11.9 Å². The van der Waals surface area contributed by atoms with Gasteiger partial charge in [-0.05, 0) is 37.2 Å². The Morgan fingerprint density at radius 1 is 0.844 bits per heavy atom. The molecule has 1 saturated heterocycles. The van der Waals surface area contributed by atoms with E-state index >= 15 is 0 Å². The van der Waals surface area contributed by atoms with E-state index in [4.69, 9.17) is 9.47 Å². The number of carbonyl (C=O) groups excluding carboxylic acids is 2. The first-order valence-corrected chi connectivity index (χ1v) is 10.7. The van der Waals surface area contributed by atoms with Crippen molar-refractivity contribution < 1.29 is 19.1 Å². The zero-order valence-corrected chi connectivity index (χ0v) is 19.1. The fourth-order valence-electron chi connectivity index (χ4n) is 4.16. The van der Waals surface area contributed by atoms with Gasteiger partial charge in [0.2, 0.25) is 0 Å². The number of amides is 2. The number of benzene rings is 2. The number of piperazine rings is 1. The lowest BCUT2D eigenvalue weighted by Gasteiger charge is -2.34. The van der Waals surface area contributed by atoms with Crippen LogP contribution in [0.2, 0.25) is 0 Å². The van der Waals surface area contributed by atoms with Crippen molar-refractivity contribution in [2.24, 2.45) is 0 Å². The summed E-state index contributed by atoms with van der Waals surface area (Å²) < 4.78 is 10.8. The molecule has 2 aromatic carbocycles. The molecular formula is C25H29N3O4. The van der Waals surface area contributed by atoms with Crippen LogP contribution in [0.5, 0.6) is 11.5 Å². The molecule has 0 atom stereocenters. The summed E-state index contributed by atoms with van der Waals surface area (Å²) in [5.41, 5.74) is 3.61. The van der Waals surface area contributed by atoms with E-state index in [0.29, 0.717) is 41.4 Å². The second-order valence-corrected chi connectivity index (χ2v) is 8.27. The Balaban J connectivity index is 1.75. The molecule has 0 spiro atoms. The SMILES string of the molecule is COc1ccc(C2=C(N3CCN(C)CC3)C(=O)N(Cc3ccc(C)cc3)C2=O)cc1OC. The van der Waals surface area contributed by atoms with Crippen LogP contribution >= 0.6 is 0 Å². The lowest BCUT2D eigenvalue weighted by atomic mass is 10.0. The van der Waals surface area contributed by atoms with Gasteiger partial charge in [-0.3, -0.25) is 14.5 Å². The van der Waals surface area contributed by atoms with E-state index in [0.717, 1.165) is 24.2 Å². The normalized spacial score (nSPS) is 17.4. The Kier molecular flexibility index (Phi) is 6.19. The first-order chi connectivity index (χ1) is 15.4. The van der Waals surface area contributed by atoms with E-state index in [9.17, 15) is 9.59 Å². The predicted molar refractivity (Wildman–Crippen MR) is 122 cm³/mol. The Morgan fingerprint density at radius 2 is 1.50 bits per heavy atom. The number of hydrogen-bond acceptors (Lipinski definition) is 6. The summed E-state index contributed by atoms with van der Waals surface area (Å²) in [7, 11) is 5.19. The van der Waals surface area contributed by atoms with Gasteiger partial charge in [0.15, 0.2) is 11.5 Å². The van der Waals surface area contributed by atoms with Crippen LogP contribution in [0, 0.1) is 6.92 Å². The van der Waals surface area contributed by atoms with Crippen molar-refractivity contribution >= 4 is 17.4 Å². The Labute approximate surface area is 188 Å².